The molecule has 1 fully saturated rings. The summed E-state index contributed by atoms with van der Waals surface area (Å²) in [4.78, 5) is 13.9. The summed E-state index contributed by atoms with van der Waals surface area (Å²) < 4.78 is 31.7. The molecule has 0 saturated carbocycles. The van der Waals surface area contributed by atoms with Gasteiger partial charge in [-0.1, -0.05) is 18.2 Å². The third-order valence-electron chi connectivity index (χ3n) is 4.26. The molecule has 1 amide bonds. The van der Waals surface area contributed by atoms with Crippen molar-refractivity contribution in [3.8, 4) is 5.75 Å². The van der Waals surface area contributed by atoms with Crippen LogP contribution in [-0.2, 0) is 4.79 Å². The molecule has 0 aliphatic carbocycles. The third kappa shape index (κ3) is 4.68. The van der Waals surface area contributed by atoms with E-state index in [1.807, 2.05) is 23.1 Å². The maximum absolute atomic E-state index is 13.3. The lowest BCUT2D eigenvalue weighted by molar-refractivity contribution is -0.123. The van der Waals surface area contributed by atoms with Gasteiger partial charge in [-0.15, -0.1) is 0 Å². The molecule has 1 aliphatic heterocycles. The highest BCUT2D eigenvalue weighted by atomic mass is 19.2. The Morgan fingerprint density at radius 3 is 2.72 bits per heavy atom. The van der Waals surface area contributed by atoms with Crippen LogP contribution in [0.3, 0.4) is 0 Å². The minimum absolute atomic E-state index is 0.0242. The number of rotatable bonds is 6. The lowest BCUT2D eigenvalue weighted by Gasteiger charge is -2.19. The van der Waals surface area contributed by atoms with Crippen molar-refractivity contribution in [2.75, 3.05) is 31.1 Å². The van der Waals surface area contributed by atoms with Gasteiger partial charge in [-0.2, -0.15) is 0 Å². The summed E-state index contributed by atoms with van der Waals surface area (Å²) in [6.07, 6.45) is 0.888. The average Bonchev–Trinajstić information content (AvgIpc) is 3.10. The highest BCUT2D eigenvalue weighted by molar-refractivity contribution is 5.77. The highest BCUT2D eigenvalue weighted by Gasteiger charge is 2.23. The summed E-state index contributed by atoms with van der Waals surface area (Å²) in [5.74, 6) is -0.926. The molecule has 25 heavy (non-hydrogen) atoms. The second-order valence-electron chi connectivity index (χ2n) is 6.10. The zero-order valence-electron chi connectivity index (χ0n) is 13.8. The standard InChI is InChI=1S/C19H20F2N2O2/c20-17-7-6-15(10-18(17)21)23-9-8-14(12-23)11-22-19(24)13-25-16-4-2-1-3-5-16/h1-7,10,14H,8-9,11-13H2,(H,22,24)/t14-/m1/s1. The first-order chi connectivity index (χ1) is 12.1. The van der Waals surface area contributed by atoms with Gasteiger partial charge in [0, 0.05) is 31.4 Å². The fourth-order valence-corrected chi connectivity index (χ4v) is 2.89. The first-order valence-electron chi connectivity index (χ1n) is 8.26. The molecule has 1 N–H and O–H groups in total. The predicted octanol–water partition coefficient (Wildman–Crippen LogP) is 2.99. The Balaban J connectivity index is 1.42. The number of hydrogen-bond acceptors (Lipinski definition) is 3. The van der Waals surface area contributed by atoms with Crippen LogP contribution in [0.25, 0.3) is 0 Å². The van der Waals surface area contributed by atoms with Crippen molar-refractivity contribution >= 4 is 11.6 Å². The summed E-state index contributed by atoms with van der Waals surface area (Å²) in [7, 11) is 0. The number of carbonyl (C=O) groups excluding carboxylic acids is 1. The molecule has 2 aromatic rings. The molecule has 2 aromatic carbocycles. The predicted molar refractivity (Wildman–Crippen MR) is 91.6 cm³/mol. The molecule has 1 saturated heterocycles. The van der Waals surface area contributed by atoms with E-state index in [4.69, 9.17) is 4.74 Å². The van der Waals surface area contributed by atoms with Gasteiger partial charge in [0.25, 0.3) is 5.91 Å². The summed E-state index contributed by atoms with van der Waals surface area (Å²) in [6, 6.07) is 13.1. The van der Waals surface area contributed by atoms with E-state index in [2.05, 4.69) is 5.32 Å². The number of para-hydroxylation sites is 1. The Hall–Kier alpha value is -2.63. The molecule has 6 heteroatoms. The molecule has 0 unspecified atom stereocenters. The zero-order valence-corrected chi connectivity index (χ0v) is 13.8. The number of carbonyl (C=O) groups is 1. The number of amides is 1. The van der Waals surface area contributed by atoms with Crippen LogP contribution in [0.2, 0.25) is 0 Å². The van der Waals surface area contributed by atoms with E-state index in [-0.39, 0.29) is 18.4 Å². The maximum Gasteiger partial charge on any atom is 0.257 e. The van der Waals surface area contributed by atoms with E-state index >= 15 is 0 Å². The first-order valence-corrected chi connectivity index (χ1v) is 8.26. The van der Waals surface area contributed by atoms with Crippen LogP contribution in [-0.4, -0.2) is 32.1 Å². The van der Waals surface area contributed by atoms with Crippen molar-refractivity contribution in [3.05, 3.63) is 60.2 Å². The Bertz CT molecular complexity index is 725. The molecular formula is C19H20F2N2O2. The van der Waals surface area contributed by atoms with E-state index in [0.29, 0.717) is 24.5 Å². The van der Waals surface area contributed by atoms with Gasteiger partial charge in [0.05, 0.1) is 0 Å². The van der Waals surface area contributed by atoms with Crippen LogP contribution in [0.4, 0.5) is 14.5 Å². The zero-order chi connectivity index (χ0) is 17.6. The van der Waals surface area contributed by atoms with Crippen LogP contribution in [0.5, 0.6) is 5.75 Å². The van der Waals surface area contributed by atoms with Crippen LogP contribution < -0.4 is 15.0 Å². The van der Waals surface area contributed by atoms with Gasteiger partial charge >= 0.3 is 0 Å². The molecule has 0 radical (unpaired) electrons. The van der Waals surface area contributed by atoms with E-state index in [0.717, 1.165) is 19.0 Å². The topological polar surface area (TPSA) is 41.6 Å². The Kier molecular flexibility index (Phi) is 5.48. The number of anilines is 1. The Morgan fingerprint density at radius 2 is 1.96 bits per heavy atom. The van der Waals surface area contributed by atoms with Crippen molar-refractivity contribution in [2.24, 2.45) is 5.92 Å². The molecular weight excluding hydrogens is 326 g/mol. The van der Waals surface area contributed by atoms with E-state index in [1.54, 1.807) is 18.2 Å². The number of halogens is 2. The lowest BCUT2D eigenvalue weighted by atomic mass is 10.1. The second-order valence-corrected chi connectivity index (χ2v) is 6.10. The van der Waals surface area contributed by atoms with Crippen molar-refractivity contribution in [3.63, 3.8) is 0 Å². The second kappa shape index (κ2) is 7.96. The SMILES string of the molecule is O=C(COc1ccccc1)NC[C@H]1CCN(c2ccc(F)c(F)c2)C1. The van der Waals surface area contributed by atoms with Crippen molar-refractivity contribution in [1.29, 1.82) is 0 Å². The largest absolute Gasteiger partial charge is 0.484 e. The minimum atomic E-state index is -0.842. The van der Waals surface area contributed by atoms with Crippen molar-refractivity contribution < 1.29 is 18.3 Å². The molecule has 0 spiro atoms. The fraction of sp³-hybridized carbons (Fsp3) is 0.316. The van der Waals surface area contributed by atoms with E-state index < -0.39 is 11.6 Å². The van der Waals surface area contributed by atoms with Gasteiger partial charge in [0.2, 0.25) is 0 Å². The smallest absolute Gasteiger partial charge is 0.257 e. The number of hydrogen-bond donors (Lipinski definition) is 1. The summed E-state index contributed by atoms with van der Waals surface area (Å²) in [5.41, 5.74) is 0.667. The van der Waals surface area contributed by atoms with Gasteiger partial charge in [-0.05, 0) is 36.6 Å². The maximum atomic E-state index is 13.3. The third-order valence-corrected chi connectivity index (χ3v) is 4.26. The lowest BCUT2D eigenvalue weighted by Crippen LogP contribution is -2.34. The molecule has 0 bridgehead atoms. The Labute approximate surface area is 145 Å². The summed E-state index contributed by atoms with van der Waals surface area (Å²) in [5, 5.41) is 2.86. The molecule has 4 nitrogen and oxygen atoms in total. The molecule has 132 valence electrons. The molecule has 1 atom stereocenters. The van der Waals surface area contributed by atoms with Crippen LogP contribution in [0, 0.1) is 17.6 Å². The number of nitrogens with one attached hydrogen (secondary N) is 1. The van der Waals surface area contributed by atoms with E-state index in [9.17, 15) is 13.6 Å². The number of benzene rings is 2. The Morgan fingerprint density at radius 1 is 1.16 bits per heavy atom. The number of ether oxygens (including phenoxy) is 1. The van der Waals surface area contributed by atoms with Gasteiger partial charge in [0.1, 0.15) is 5.75 Å². The molecule has 3 rings (SSSR count). The monoisotopic (exact) mass is 346 g/mol. The van der Waals surface area contributed by atoms with Crippen LogP contribution in [0.1, 0.15) is 6.42 Å². The van der Waals surface area contributed by atoms with Crippen molar-refractivity contribution in [2.45, 2.75) is 6.42 Å². The van der Waals surface area contributed by atoms with Crippen LogP contribution in [0.15, 0.2) is 48.5 Å². The van der Waals surface area contributed by atoms with Crippen molar-refractivity contribution in [1.82, 2.24) is 5.32 Å². The van der Waals surface area contributed by atoms with Gasteiger partial charge in [-0.3, -0.25) is 4.79 Å². The first kappa shape index (κ1) is 17.2. The van der Waals surface area contributed by atoms with Crippen LogP contribution >= 0.6 is 0 Å². The summed E-state index contributed by atoms with van der Waals surface area (Å²) >= 11 is 0. The van der Waals surface area contributed by atoms with Gasteiger partial charge in [-0.25, -0.2) is 8.78 Å². The fourth-order valence-electron chi connectivity index (χ4n) is 2.89. The molecule has 1 heterocycles. The average molecular weight is 346 g/mol. The molecule has 1 aliphatic rings. The van der Waals surface area contributed by atoms with Gasteiger partial charge < -0.3 is 15.0 Å². The number of nitrogens with zero attached hydrogens (tertiary/aromatic N) is 1. The normalized spacial score (nSPS) is 16.7. The van der Waals surface area contributed by atoms with E-state index in [1.165, 1.54) is 6.07 Å². The summed E-state index contributed by atoms with van der Waals surface area (Å²) in [6.45, 7) is 1.97. The van der Waals surface area contributed by atoms with Gasteiger partial charge in [0.15, 0.2) is 18.2 Å². The molecule has 0 aromatic heterocycles. The quantitative estimate of drug-likeness (QED) is 0.874. The highest BCUT2D eigenvalue weighted by Crippen LogP contribution is 2.25. The minimum Gasteiger partial charge on any atom is -0.484 e.